The first-order valence-corrected chi connectivity index (χ1v) is 6.73. The Morgan fingerprint density at radius 3 is 2.50 bits per heavy atom. The van der Waals surface area contributed by atoms with E-state index in [4.69, 9.17) is 0 Å². The first kappa shape index (κ1) is 12.9. The van der Waals surface area contributed by atoms with Crippen LogP contribution in [0.3, 0.4) is 0 Å². The number of rotatable bonds is 4. The molecule has 2 aromatic rings. The lowest BCUT2D eigenvalue weighted by atomic mass is 10.1. The summed E-state index contributed by atoms with van der Waals surface area (Å²) in [5.41, 5.74) is 1.79. The van der Waals surface area contributed by atoms with Crippen molar-refractivity contribution in [3.8, 4) is 0 Å². The third kappa shape index (κ3) is 2.82. The van der Waals surface area contributed by atoms with E-state index in [1.807, 2.05) is 49.8 Å². The third-order valence-corrected chi connectivity index (χ3v) is 3.78. The number of Topliss-reactive ketones (excluding diaryl/α,β-unsaturated/α-hetero) is 1. The molecule has 0 unspecified atom stereocenters. The van der Waals surface area contributed by atoms with Crippen LogP contribution < -0.4 is 0 Å². The maximum Gasteiger partial charge on any atom is 0.162 e. The van der Waals surface area contributed by atoms with Gasteiger partial charge in [0.05, 0.1) is 10.7 Å². The lowest BCUT2D eigenvalue weighted by Crippen LogP contribution is -1.95. The van der Waals surface area contributed by atoms with Crippen LogP contribution in [0.15, 0.2) is 40.3 Å². The molecule has 94 valence electrons. The fourth-order valence-electron chi connectivity index (χ4n) is 1.72. The number of ketones is 1. The average Bonchev–Trinajstić information content (AvgIpc) is 2.68. The summed E-state index contributed by atoms with van der Waals surface area (Å²) in [7, 11) is 1.93. The zero-order chi connectivity index (χ0) is 13.1. The number of aromatic nitrogens is 2. The van der Waals surface area contributed by atoms with Crippen molar-refractivity contribution in [3.63, 3.8) is 0 Å². The van der Waals surface area contributed by atoms with Crippen molar-refractivity contribution in [2.45, 2.75) is 30.2 Å². The van der Waals surface area contributed by atoms with Gasteiger partial charge in [-0.1, -0.05) is 30.8 Å². The summed E-state index contributed by atoms with van der Waals surface area (Å²) < 4.78 is 1.87. The number of nitrogens with zero attached hydrogens (tertiary/aromatic N) is 2. The van der Waals surface area contributed by atoms with Gasteiger partial charge >= 0.3 is 0 Å². The van der Waals surface area contributed by atoms with E-state index in [1.54, 1.807) is 11.8 Å². The predicted octanol–water partition coefficient (Wildman–Crippen LogP) is 3.47. The molecule has 0 saturated carbocycles. The second kappa shape index (κ2) is 5.40. The highest BCUT2D eigenvalue weighted by atomic mass is 32.2. The molecule has 0 amide bonds. The van der Waals surface area contributed by atoms with Crippen LogP contribution in [0.1, 0.15) is 29.4 Å². The third-order valence-electron chi connectivity index (χ3n) is 2.68. The van der Waals surface area contributed by atoms with Gasteiger partial charge < -0.3 is 0 Å². The molecule has 0 fully saturated rings. The van der Waals surface area contributed by atoms with Crippen LogP contribution in [-0.2, 0) is 7.05 Å². The first-order valence-electron chi connectivity index (χ1n) is 5.92. The van der Waals surface area contributed by atoms with Gasteiger partial charge in [0.25, 0.3) is 0 Å². The van der Waals surface area contributed by atoms with Crippen LogP contribution in [0, 0.1) is 6.92 Å². The second-order valence-corrected chi connectivity index (χ2v) is 5.24. The molecule has 3 nitrogen and oxygen atoms in total. The predicted molar refractivity (Wildman–Crippen MR) is 73.1 cm³/mol. The van der Waals surface area contributed by atoms with Crippen molar-refractivity contribution in [2.75, 3.05) is 0 Å². The fourth-order valence-corrected chi connectivity index (χ4v) is 2.63. The van der Waals surface area contributed by atoms with Gasteiger partial charge in [-0.2, -0.15) is 5.10 Å². The topological polar surface area (TPSA) is 34.9 Å². The lowest BCUT2D eigenvalue weighted by molar-refractivity contribution is 0.0988. The van der Waals surface area contributed by atoms with Crippen LogP contribution in [0.5, 0.6) is 0 Å². The van der Waals surface area contributed by atoms with Crippen molar-refractivity contribution >= 4 is 17.5 Å². The number of hydrogen-bond acceptors (Lipinski definition) is 3. The van der Waals surface area contributed by atoms with Gasteiger partial charge in [-0.15, -0.1) is 0 Å². The molecule has 0 saturated heterocycles. The SMILES string of the molecule is CCC(=O)c1ccc(Sc2cc(C)nn2C)cc1. The van der Waals surface area contributed by atoms with Gasteiger partial charge in [0.1, 0.15) is 0 Å². The summed E-state index contributed by atoms with van der Waals surface area (Å²) in [4.78, 5) is 12.6. The van der Waals surface area contributed by atoms with E-state index >= 15 is 0 Å². The maximum atomic E-state index is 11.5. The molecular weight excluding hydrogens is 244 g/mol. The summed E-state index contributed by atoms with van der Waals surface area (Å²) in [6, 6.07) is 9.79. The molecule has 1 heterocycles. The van der Waals surface area contributed by atoms with Gasteiger partial charge in [0.2, 0.25) is 0 Å². The van der Waals surface area contributed by atoms with Crippen molar-refractivity contribution in [1.29, 1.82) is 0 Å². The minimum Gasteiger partial charge on any atom is -0.294 e. The van der Waals surface area contributed by atoms with Gasteiger partial charge in [0, 0.05) is 23.9 Å². The minimum absolute atomic E-state index is 0.183. The fraction of sp³-hybridized carbons (Fsp3) is 0.286. The average molecular weight is 260 g/mol. The van der Waals surface area contributed by atoms with Crippen LogP contribution >= 0.6 is 11.8 Å². The van der Waals surface area contributed by atoms with Gasteiger partial charge in [-0.25, -0.2) is 0 Å². The maximum absolute atomic E-state index is 11.5. The monoisotopic (exact) mass is 260 g/mol. The molecule has 4 heteroatoms. The van der Waals surface area contributed by atoms with E-state index in [0.717, 1.165) is 21.2 Å². The number of carbonyl (C=O) groups is 1. The molecule has 1 aromatic carbocycles. The van der Waals surface area contributed by atoms with Crippen molar-refractivity contribution in [2.24, 2.45) is 7.05 Å². The Bertz CT molecular complexity index is 558. The molecule has 0 aliphatic heterocycles. The summed E-state index contributed by atoms with van der Waals surface area (Å²) in [5.74, 6) is 0.183. The van der Waals surface area contributed by atoms with E-state index in [2.05, 4.69) is 11.2 Å². The Labute approximate surface area is 111 Å². The van der Waals surface area contributed by atoms with Crippen molar-refractivity contribution in [1.82, 2.24) is 9.78 Å². The Morgan fingerprint density at radius 2 is 2.00 bits per heavy atom. The highest BCUT2D eigenvalue weighted by molar-refractivity contribution is 7.99. The van der Waals surface area contributed by atoms with E-state index in [0.29, 0.717) is 6.42 Å². The van der Waals surface area contributed by atoms with E-state index in [9.17, 15) is 4.79 Å². The second-order valence-electron chi connectivity index (χ2n) is 4.15. The van der Waals surface area contributed by atoms with Gasteiger partial charge in [-0.3, -0.25) is 9.48 Å². The number of hydrogen-bond donors (Lipinski definition) is 0. The number of carbonyl (C=O) groups excluding carboxylic acids is 1. The largest absolute Gasteiger partial charge is 0.294 e. The minimum atomic E-state index is 0.183. The lowest BCUT2D eigenvalue weighted by Gasteiger charge is -2.03. The van der Waals surface area contributed by atoms with Gasteiger partial charge in [-0.05, 0) is 25.1 Å². The summed E-state index contributed by atoms with van der Waals surface area (Å²) >= 11 is 1.65. The standard InChI is InChI=1S/C14H16N2OS/c1-4-13(17)11-5-7-12(8-6-11)18-14-9-10(2)15-16(14)3/h5-9H,4H2,1-3H3. The van der Waals surface area contributed by atoms with E-state index < -0.39 is 0 Å². The zero-order valence-corrected chi connectivity index (χ0v) is 11.6. The quantitative estimate of drug-likeness (QED) is 0.789. The number of benzene rings is 1. The molecule has 0 radical (unpaired) electrons. The van der Waals surface area contributed by atoms with Gasteiger partial charge in [0.15, 0.2) is 5.78 Å². The summed E-state index contributed by atoms with van der Waals surface area (Å²) in [5, 5.41) is 5.41. The normalized spacial score (nSPS) is 10.6. The van der Waals surface area contributed by atoms with Crippen LogP contribution in [0.4, 0.5) is 0 Å². The molecule has 2 rings (SSSR count). The highest BCUT2D eigenvalue weighted by Crippen LogP contribution is 2.27. The number of aryl methyl sites for hydroxylation is 2. The summed E-state index contributed by atoms with van der Waals surface area (Å²) in [6.07, 6.45) is 0.549. The molecule has 0 N–H and O–H groups in total. The Balaban J connectivity index is 2.16. The first-order chi connectivity index (χ1) is 8.60. The van der Waals surface area contributed by atoms with E-state index in [1.165, 1.54) is 0 Å². The molecule has 1 aromatic heterocycles. The van der Waals surface area contributed by atoms with Crippen molar-refractivity contribution < 1.29 is 4.79 Å². The summed E-state index contributed by atoms with van der Waals surface area (Å²) in [6.45, 7) is 3.86. The Morgan fingerprint density at radius 1 is 1.33 bits per heavy atom. The Kier molecular flexibility index (Phi) is 3.87. The smallest absolute Gasteiger partial charge is 0.162 e. The highest BCUT2D eigenvalue weighted by Gasteiger charge is 2.06. The van der Waals surface area contributed by atoms with E-state index in [-0.39, 0.29) is 5.78 Å². The molecule has 0 atom stereocenters. The molecule has 0 aliphatic carbocycles. The van der Waals surface area contributed by atoms with Crippen LogP contribution in [-0.4, -0.2) is 15.6 Å². The van der Waals surface area contributed by atoms with Crippen LogP contribution in [0.25, 0.3) is 0 Å². The molecule has 0 bridgehead atoms. The molecule has 18 heavy (non-hydrogen) atoms. The zero-order valence-electron chi connectivity index (χ0n) is 10.8. The Hall–Kier alpha value is -1.55. The van der Waals surface area contributed by atoms with Crippen molar-refractivity contribution in [3.05, 3.63) is 41.6 Å². The molecule has 0 aliphatic rings. The molecule has 0 spiro atoms. The molecular formula is C14H16N2OS. The van der Waals surface area contributed by atoms with Crippen LogP contribution in [0.2, 0.25) is 0 Å².